The van der Waals surface area contributed by atoms with Gasteiger partial charge in [-0.3, -0.25) is 0 Å². The maximum atomic E-state index is 13.5. The molecule has 0 bridgehead atoms. The molecule has 1 fully saturated rings. The first-order chi connectivity index (χ1) is 11.8. The summed E-state index contributed by atoms with van der Waals surface area (Å²) in [4.78, 5) is 27.4. The van der Waals surface area contributed by atoms with Crippen LogP contribution in [0.5, 0.6) is 0 Å². The summed E-state index contributed by atoms with van der Waals surface area (Å²) >= 11 is 0. The zero-order valence-corrected chi connectivity index (χ0v) is 15.0. The summed E-state index contributed by atoms with van der Waals surface area (Å²) < 4.78 is 18.9. The van der Waals surface area contributed by atoms with Crippen molar-refractivity contribution in [2.24, 2.45) is 0 Å². The van der Waals surface area contributed by atoms with Gasteiger partial charge in [0.05, 0.1) is 0 Å². The Morgan fingerprint density at radius 1 is 1.12 bits per heavy atom. The molecule has 1 heterocycles. The van der Waals surface area contributed by atoms with Crippen molar-refractivity contribution < 1.29 is 18.7 Å². The predicted molar refractivity (Wildman–Crippen MR) is 92.9 cm³/mol. The van der Waals surface area contributed by atoms with Gasteiger partial charge in [0.15, 0.2) is 0 Å². The van der Waals surface area contributed by atoms with Crippen LogP contribution in [0.25, 0.3) is 0 Å². The highest BCUT2D eigenvalue weighted by Gasteiger charge is 2.27. The fourth-order valence-electron chi connectivity index (χ4n) is 2.54. The smallest absolute Gasteiger partial charge is 0.410 e. The van der Waals surface area contributed by atoms with Gasteiger partial charge in [-0.05, 0) is 38.8 Å². The first kappa shape index (κ1) is 19.0. The third-order valence-electron chi connectivity index (χ3n) is 3.85. The molecule has 0 aromatic heterocycles. The van der Waals surface area contributed by atoms with Crippen molar-refractivity contribution in [3.8, 4) is 0 Å². The number of carbonyl (C=O) groups is 2. The average molecular weight is 351 g/mol. The van der Waals surface area contributed by atoms with Gasteiger partial charge in [-0.15, -0.1) is 0 Å². The van der Waals surface area contributed by atoms with Crippen LogP contribution in [0, 0.1) is 5.82 Å². The number of benzene rings is 1. The number of carbonyl (C=O) groups excluding carboxylic acids is 2. The lowest BCUT2D eigenvalue weighted by molar-refractivity contribution is 0.0170. The minimum absolute atomic E-state index is 0.194. The number of urea groups is 1. The number of ether oxygens (including phenoxy) is 1. The van der Waals surface area contributed by atoms with E-state index in [9.17, 15) is 14.0 Å². The summed E-state index contributed by atoms with van der Waals surface area (Å²) in [5.41, 5.74) is 0.0516. The number of hydrogen-bond donors (Lipinski definition) is 1. The second-order valence-electron chi connectivity index (χ2n) is 7.03. The SMILES string of the molecule is CC(C)(C)OC(=O)N1CCN(C(=O)NCCc2ccccc2F)CC1. The number of amides is 3. The van der Waals surface area contributed by atoms with Crippen molar-refractivity contribution in [3.05, 3.63) is 35.6 Å². The Hall–Kier alpha value is -2.31. The van der Waals surface area contributed by atoms with Crippen LogP contribution < -0.4 is 5.32 Å². The molecule has 0 unspecified atom stereocenters. The number of rotatable bonds is 3. The van der Waals surface area contributed by atoms with Crippen molar-refractivity contribution in [2.75, 3.05) is 32.7 Å². The van der Waals surface area contributed by atoms with Crippen molar-refractivity contribution >= 4 is 12.1 Å². The largest absolute Gasteiger partial charge is 0.444 e. The molecule has 1 N–H and O–H groups in total. The maximum Gasteiger partial charge on any atom is 0.410 e. The van der Waals surface area contributed by atoms with Crippen molar-refractivity contribution in [1.82, 2.24) is 15.1 Å². The van der Waals surface area contributed by atoms with Gasteiger partial charge < -0.3 is 19.9 Å². The van der Waals surface area contributed by atoms with Crippen LogP contribution in [0.15, 0.2) is 24.3 Å². The van der Waals surface area contributed by atoms with Gasteiger partial charge in [-0.2, -0.15) is 0 Å². The van der Waals surface area contributed by atoms with Crippen molar-refractivity contribution in [1.29, 1.82) is 0 Å². The molecule has 7 heteroatoms. The van der Waals surface area contributed by atoms with Gasteiger partial charge in [-0.1, -0.05) is 18.2 Å². The third-order valence-corrected chi connectivity index (χ3v) is 3.85. The van der Waals surface area contributed by atoms with E-state index in [4.69, 9.17) is 4.74 Å². The Bertz CT molecular complexity index is 608. The highest BCUT2D eigenvalue weighted by atomic mass is 19.1. The summed E-state index contributed by atoms with van der Waals surface area (Å²) in [6, 6.07) is 6.34. The van der Waals surface area contributed by atoms with Gasteiger partial charge in [0.2, 0.25) is 0 Å². The zero-order chi connectivity index (χ0) is 18.4. The Balaban J connectivity index is 1.72. The van der Waals surface area contributed by atoms with Crippen LogP contribution in [0.2, 0.25) is 0 Å². The summed E-state index contributed by atoms with van der Waals surface area (Å²) in [5.74, 6) is -0.261. The van der Waals surface area contributed by atoms with E-state index in [2.05, 4.69) is 5.32 Å². The first-order valence-electron chi connectivity index (χ1n) is 8.50. The second-order valence-corrected chi connectivity index (χ2v) is 7.03. The van der Waals surface area contributed by atoms with Crippen LogP contribution in [0.4, 0.5) is 14.0 Å². The second kappa shape index (κ2) is 8.18. The van der Waals surface area contributed by atoms with Gasteiger partial charge >= 0.3 is 12.1 Å². The third kappa shape index (κ3) is 5.92. The first-order valence-corrected chi connectivity index (χ1v) is 8.50. The molecule has 1 aromatic rings. The molecular formula is C18H26FN3O3. The molecule has 25 heavy (non-hydrogen) atoms. The van der Waals surface area contributed by atoms with E-state index in [0.717, 1.165) is 0 Å². The molecule has 0 saturated carbocycles. The average Bonchev–Trinajstić information content (AvgIpc) is 2.55. The highest BCUT2D eigenvalue weighted by molar-refractivity contribution is 5.75. The van der Waals surface area contributed by atoms with E-state index in [-0.39, 0.29) is 17.9 Å². The molecule has 1 aromatic carbocycles. The topological polar surface area (TPSA) is 61.9 Å². The van der Waals surface area contributed by atoms with Gasteiger partial charge in [0, 0.05) is 32.7 Å². The lowest BCUT2D eigenvalue weighted by Crippen LogP contribution is -2.54. The van der Waals surface area contributed by atoms with E-state index < -0.39 is 5.60 Å². The maximum absolute atomic E-state index is 13.5. The normalized spacial score (nSPS) is 15.0. The lowest BCUT2D eigenvalue weighted by atomic mass is 10.1. The minimum Gasteiger partial charge on any atom is -0.444 e. The fourth-order valence-corrected chi connectivity index (χ4v) is 2.54. The zero-order valence-electron chi connectivity index (χ0n) is 15.0. The Labute approximate surface area is 147 Å². The molecule has 1 aliphatic rings. The fraction of sp³-hybridized carbons (Fsp3) is 0.556. The van der Waals surface area contributed by atoms with E-state index in [1.807, 2.05) is 20.8 Å². The molecule has 1 aliphatic heterocycles. The van der Waals surface area contributed by atoms with E-state index >= 15 is 0 Å². The molecule has 3 amide bonds. The predicted octanol–water partition coefficient (Wildman–Crippen LogP) is 2.63. The molecule has 0 spiro atoms. The highest BCUT2D eigenvalue weighted by Crippen LogP contribution is 2.12. The molecular weight excluding hydrogens is 325 g/mol. The van der Waals surface area contributed by atoms with Gasteiger partial charge in [0.25, 0.3) is 0 Å². The number of hydrogen-bond acceptors (Lipinski definition) is 3. The van der Waals surface area contributed by atoms with E-state index in [1.54, 1.807) is 28.0 Å². The summed E-state index contributed by atoms with van der Waals surface area (Å²) in [7, 11) is 0. The van der Waals surface area contributed by atoms with E-state index in [0.29, 0.717) is 44.7 Å². The van der Waals surface area contributed by atoms with Crippen LogP contribution in [-0.2, 0) is 11.2 Å². The summed E-state index contributed by atoms with van der Waals surface area (Å²) in [5, 5.41) is 2.80. The molecule has 1 saturated heterocycles. The molecule has 2 rings (SSSR count). The number of piperazine rings is 1. The van der Waals surface area contributed by atoms with Gasteiger partial charge in [0.1, 0.15) is 11.4 Å². The summed E-state index contributed by atoms with van der Waals surface area (Å²) in [6.45, 7) is 7.62. The Morgan fingerprint density at radius 3 is 2.32 bits per heavy atom. The van der Waals surface area contributed by atoms with Crippen molar-refractivity contribution in [2.45, 2.75) is 32.8 Å². The quantitative estimate of drug-likeness (QED) is 0.911. The Morgan fingerprint density at radius 2 is 1.72 bits per heavy atom. The number of halogens is 1. The number of nitrogens with zero attached hydrogens (tertiary/aromatic N) is 2. The molecule has 6 nitrogen and oxygen atoms in total. The molecule has 138 valence electrons. The number of nitrogens with one attached hydrogen (secondary N) is 1. The standard InChI is InChI=1S/C18H26FN3O3/c1-18(2,3)25-17(24)22-12-10-21(11-13-22)16(23)20-9-8-14-6-4-5-7-15(14)19/h4-7H,8-13H2,1-3H3,(H,20,23). The Kier molecular flexibility index (Phi) is 6.22. The van der Waals surface area contributed by atoms with Crippen LogP contribution in [0.3, 0.4) is 0 Å². The van der Waals surface area contributed by atoms with E-state index in [1.165, 1.54) is 6.07 Å². The molecule has 0 atom stereocenters. The summed E-state index contributed by atoms with van der Waals surface area (Å²) in [6.07, 6.45) is 0.0862. The molecule has 0 radical (unpaired) electrons. The lowest BCUT2D eigenvalue weighted by Gasteiger charge is -2.35. The van der Waals surface area contributed by atoms with Crippen LogP contribution >= 0.6 is 0 Å². The van der Waals surface area contributed by atoms with Crippen LogP contribution in [-0.4, -0.2) is 60.2 Å². The minimum atomic E-state index is -0.529. The molecule has 0 aliphatic carbocycles. The monoisotopic (exact) mass is 351 g/mol. The van der Waals surface area contributed by atoms with Crippen LogP contribution in [0.1, 0.15) is 26.3 Å². The van der Waals surface area contributed by atoms with Crippen molar-refractivity contribution in [3.63, 3.8) is 0 Å². The van der Waals surface area contributed by atoms with Gasteiger partial charge in [-0.25, -0.2) is 14.0 Å².